The second kappa shape index (κ2) is 13.9. The third-order valence-corrected chi connectivity index (χ3v) is 9.56. The summed E-state index contributed by atoms with van der Waals surface area (Å²) in [6.07, 6.45) is 6.39. The molecule has 235 valence electrons. The van der Waals surface area contributed by atoms with Crippen LogP contribution in [0.15, 0.2) is 83.7 Å². The quantitative estimate of drug-likeness (QED) is 0.129. The molecule has 0 bridgehead atoms. The van der Waals surface area contributed by atoms with Crippen LogP contribution in [0.2, 0.25) is 19.6 Å². The van der Waals surface area contributed by atoms with E-state index in [9.17, 15) is 4.39 Å². The van der Waals surface area contributed by atoms with Crippen LogP contribution < -0.4 is 5.19 Å². The number of rotatable bonds is 5. The zero-order chi connectivity index (χ0) is 31.6. The van der Waals surface area contributed by atoms with Crippen molar-refractivity contribution in [3.05, 3.63) is 108 Å². The van der Waals surface area contributed by atoms with Gasteiger partial charge in [0.25, 0.3) is 0 Å². The van der Waals surface area contributed by atoms with Crippen molar-refractivity contribution in [2.24, 2.45) is 5.41 Å². The Kier molecular flexibility index (Phi) is 10.6. The molecule has 0 aliphatic carbocycles. The topological polar surface area (TPSA) is 51.8 Å². The van der Waals surface area contributed by atoms with Crippen LogP contribution in [0.5, 0.6) is 0 Å². The van der Waals surface area contributed by atoms with Crippen molar-refractivity contribution < 1.29 is 28.9 Å². The predicted octanol–water partition coefficient (Wildman–Crippen LogP) is 9.79. The summed E-state index contributed by atoms with van der Waals surface area (Å²) in [5.41, 5.74) is 7.39. The molecule has 7 heteroatoms. The van der Waals surface area contributed by atoms with Gasteiger partial charge in [0.05, 0.1) is 19.0 Å². The molecule has 4 nitrogen and oxygen atoms in total. The predicted molar refractivity (Wildman–Crippen MR) is 182 cm³/mol. The molecule has 0 saturated carbocycles. The van der Waals surface area contributed by atoms with E-state index in [0.717, 1.165) is 28.9 Å². The van der Waals surface area contributed by atoms with Crippen molar-refractivity contribution in [2.75, 3.05) is 0 Å². The number of hydrogen-bond donors (Lipinski definition) is 0. The van der Waals surface area contributed by atoms with E-state index in [0.29, 0.717) is 28.0 Å². The number of benzene rings is 2. The van der Waals surface area contributed by atoms with Gasteiger partial charge in [-0.1, -0.05) is 88.5 Å². The van der Waals surface area contributed by atoms with E-state index in [1.165, 1.54) is 28.6 Å². The minimum absolute atomic E-state index is 0. The number of furan rings is 1. The van der Waals surface area contributed by atoms with Crippen LogP contribution in [-0.4, -0.2) is 23.0 Å². The van der Waals surface area contributed by atoms with Crippen LogP contribution in [0.1, 0.15) is 51.7 Å². The Bertz CT molecular complexity index is 1910. The minimum atomic E-state index is -1.37. The standard InChI is InChI=1S/C19H14FN2O.C19H26NSi.Ir/c1-11(2)12-6-8-21-16(10-12)13-4-3-5-14-17-15(20)7-9-22-19(17)23-18(13)14;1-19(2,3)13-16-12-17(15-10-8-7-9-11-15)20-14-18(16)21(4,5)6;/h3,5-11H,1-2H3;7-10,12,14H,13H2,1-6H3;/q2*-1;. The molecule has 1 radical (unpaired) electrons. The number of aromatic nitrogens is 3. The van der Waals surface area contributed by atoms with Crippen LogP contribution in [-0.2, 0) is 26.5 Å². The third-order valence-electron chi connectivity index (χ3n) is 7.49. The Labute approximate surface area is 280 Å². The van der Waals surface area contributed by atoms with Crippen LogP contribution in [0.3, 0.4) is 0 Å². The number of fused-ring (bicyclic) bond motifs is 3. The zero-order valence-electron chi connectivity index (χ0n) is 27.3. The molecule has 0 aliphatic rings. The molecule has 2 aromatic carbocycles. The summed E-state index contributed by atoms with van der Waals surface area (Å²) < 4.78 is 19.9. The molecule has 0 spiro atoms. The zero-order valence-corrected chi connectivity index (χ0v) is 30.6. The summed E-state index contributed by atoms with van der Waals surface area (Å²) in [4.78, 5) is 13.3. The van der Waals surface area contributed by atoms with Crippen molar-refractivity contribution >= 4 is 35.3 Å². The molecule has 6 aromatic rings. The van der Waals surface area contributed by atoms with Crippen molar-refractivity contribution in [2.45, 2.75) is 66.6 Å². The van der Waals surface area contributed by atoms with Gasteiger partial charge in [0.1, 0.15) is 5.82 Å². The van der Waals surface area contributed by atoms with Gasteiger partial charge >= 0.3 is 0 Å². The van der Waals surface area contributed by atoms with E-state index < -0.39 is 8.07 Å². The van der Waals surface area contributed by atoms with Gasteiger partial charge in [-0.3, -0.25) is 0 Å². The van der Waals surface area contributed by atoms with Gasteiger partial charge in [-0.05, 0) is 46.5 Å². The van der Waals surface area contributed by atoms with Crippen LogP contribution >= 0.6 is 0 Å². The Balaban J connectivity index is 0.000000201. The first-order valence-electron chi connectivity index (χ1n) is 15.1. The third kappa shape index (κ3) is 8.02. The fraction of sp³-hybridized carbons (Fsp3) is 0.289. The Hall–Kier alpha value is -3.51. The van der Waals surface area contributed by atoms with Crippen LogP contribution in [0.4, 0.5) is 4.39 Å². The Morgan fingerprint density at radius 3 is 2.31 bits per heavy atom. The first kappa shape index (κ1) is 34.4. The van der Waals surface area contributed by atoms with E-state index in [-0.39, 0.29) is 31.3 Å². The normalized spacial score (nSPS) is 11.8. The fourth-order valence-corrected chi connectivity index (χ4v) is 6.92. The van der Waals surface area contributed by atoms with Crippen molar-refractivity contribution in [3.8, 4) is 22.5 Å². The molecule has 45 heavy (non-hydrogen) atoms. The molecule has 0 aliphatic heterocycles. The van der Waals surface area contributed by atoms with Gasteiger partial charge in [0.15, 0.2) is 0 Å². The Morgan fingerprint density at radius 1 is 0.889 bits per heavy atom. The second-order valence-corrected chi connectivity index (χ2v) is 18.8. The summed E-state index contributed by atoms with van der Waals surface area (Å²) in [6, 6.07) is 25.7. The maximum Gasteiger partial charge on any atom is 0.219 e. The van der Waals surface area contributed by atoms with Crippen LogP contribution in [0.25, 0.3) is 44.6 Å². The molecule has 0 N–H and O–H groups in total. The smallest absolute Gasteiger partial charge is 0.219 e. The summed E-state index contributed by atoms with van der Waals surface area (Å²) in [5.74, 6) is 0.0560. The van der Waals surface area contributed by atoms with Crippen molar-refractivity contribution in [1.29, 1.82) is 0 Å². The molecule has 0 atom stereocenters. The molecule has 0 saturated heterocycles. The first-order chi connectivity index (χ1) is 20.8. The SMILES string of the molecule is CC(C)(C)Cc1cc(-c2[c-]cccc2)ncc1[Si](C)(C)C.CC(C)c1ccnc(-c2[c-]ccc3c2oc2nccc(F)c23)c1.[Ir]. The average molecular weight is 794 g/mol. The van der Waals surface area contributed by atoms with Gasteiger partial charge in [-0.15, -0.1) is 54.1 Å². The van der Waals surface area contributed by atoms with E-state index in [1.54, 1.807) is 18.3 Å². The maximum atomic E-state index is 14.1. The molecule has 0 amide bonds. The van der Waals surface area contributed by atoms with Crippen molar-refractivity contribution in [3.63, 3.8) is 0 Å². The maximum absolute atomic E-state index is 14.1. The number of pyridine rings is 3. The van der Waals surface area contributed by atoms with Crippen molar-refractivity contribution in [1.82, 2.24) is 15.0 Å². The van der Waals surface area contributed by atoms with E-state index in [2.05, 4.69) is 94.7 Å². The summed E-state index contributed by atoms with van der Waals surface area (Å²) in [7, 11) is -1.37. The summed E-state index contributed by atoms with van der Waals surface area (Å²) >= 11 is 0. The minimum Gasteiger partial charge on any atom is -0.486 e. The molecule has 6 rings (SSSR count). The molecule has 0 unspecified atom stereocenters. The van der Waals surface area contributed by atoms with Gasteiger partial charge < -0.3 is 14.4 Å². The van der Waals surface area contributed by atoms with Gasteiger partial charge in [0, 0.05) is 38.7 Å². The fourth-order valence-electron chi connectivity index (χ4n) is 5.35. The molecular weight excluding hydrogens is 754 g/mol. The number of nitrogens with zero attached hydrogens (tertiary/aromatic N) is 3. The molecular formula is C38H40FIrN3OSi-2. The van der Waals surface area contributed by atoms with Gasteiger partial charge in [0.2, 0.25) is 5.71 Å². The van der Waals surface area contributed by atoms with E-state index in [4.69, 9.17) is 9.40 Å². The van der Waals surface area contributed by atoms with Crippen LogP contribution in [0, 0.1) is 23.4 Å². The average Bonchev–Trinajstić information content (AvgIpc) is 3.37. The molecule has 0 fully saturated rings. The summed E-state index contributed by atoms with van der Waals surface area (Å²) in [6.45, 7) is 18.3. The van der Waals surface area contributed by atoms with E-state index in [1.807, 2.05) is 30.3 Å². The number of hydrogen-bond acceptors (Lipinski definition) is 4. The number of halogens is 1. The van der Waals surface area contributed by atoms with Gasteiger partial charge in [-0.2, -0.15) is 0 Å². The molecule has 4 aromatic heterocycles. The second-order valence-electron chi connectivity index (χ2n) is 13.8. The Morgan fingerprint density at radius 2 is 1.64 bits per heavy atom. The largest absolute Gasteiger partial charge is 0.486 e. The molecule has 4 heterocycles. The van der Waals surface area contributed by atoms with E-state index >= 15 is 0 Å². The van der Waals surface area contributed by atoms with Gasteiger partial charge in [-0.25, -0.2) is 9.37 Å². The summed E-state index contributed by atoms with van der Waals surface area (Å²) in [5, 5.41) is 2.57. The monoisotopic (exact) mass is 794 g/mol. The first-order valence-corrected chi connectivity index (χ1v) is 18.6.